The zero-order chi connectivity index (χ0) is 23.7. The van der Waals surface area contributed by atoms with Crippen LogP contribution in [0.3, 0.4) is 0 Å². The predicted octanol–water partition coefficient (Wildman–Crippen LogP) is 5.98. The Balaban J connectivity index is 6.40. The SMILES string of the molecule is CCC[O][Ti]([O]CCC)([O]CCC)[O][Si](OC(C)(C)C)(OC(C)(C)C)OC(C)(C)C. The number of hydrogen-bond acceptors (Lipinski definition) is 7. The fraction of sp³-hybridized carbons (Fsp3) is 1.00. The second-order valence-corrected chi connectivity index (χ2v) is 16.0. The molecule has 0 bridgehead atoms. The molecule has 182 valence electrons. The van der Waals surface area contributed by atoms with E-state index in [4.69, 9.17) is 26.2 Å². The topological polar surface area (TPSA) is 64.6 Å². The van der Waals surface area contributed by atoms with Gasteiger partial charge in [0, 0.05) is 0 Å². The Morgan fingerprint density at radius 1 is 0.533 bits per heavy atom. The quantitative estimate of drug-likeness (QED) is 0.279. The van der Waals surface area contributed by atoms with Crippen LogP contribution in [0.25, 0.3) is 0 Å². The van der Waals surface area contributed by atoms with E-state index in [1.54, 1.807) is 0 Å². The second-order valence-electron chi connectivity index (χ2n) is 10.3. The summed E-state index contributed by atoms with van der Waals surface area (Å²) in [5.74, 6) is 0. The molecule has 0 atom stereocenters. The molecule has 0 saturated heterocycles. The van der Waals surface area contributed by atoms with Crippen LogP contribution in [0.2, 0.25) is 0 Å². The van der Waals surface area contributed by atoms with Gasteiger partial charge in [-0.3, -0.25) is 0 Å². The Kier molecular flexibility index (Phi) is 13.1. The van der Waals surface area contributed by atoms with Crippen LogP contribution in [0.4, 0.5) is 0 Å². The summed E-state index contributed by atoms with van der Waals surface area (Å²) in [6, 6.07) is 0. The van der Waals surface area contributed by atoms with Crippen LogP contribution in [0.5, 0.6) is 0 Å². The molecular formula is C21H48O7SiTi. The normalized spacial score (nSPS) is 14.4. The molecular weight excluding hydrogens is 440 g/mol. The van der Waals surface area contributed by atoms with E-state index in [1.165, 1.54) is 0 Å². The third-order valence-electron chi connectivity index (χ3n) is 2.99. The van der Waals surface area contributed by atoms with Crippen molar-refractivity contribution in [2.24, 2.45) is 0 Å². The summed E-state index contributed by atoms with van der Waals surface area (Å²) in [6.07, 6.45) is 2.45. The molecule has 0 aliphatic rings. The molecule has 0 radical (unpaired) electrons. The van der Waals surface area contributed by atoms with Crippen molar-refractivity contribution < 1.29 is 44.4 Å². The first kappa shape index (κ1) is 30.7. The molecule has 7 nitrogen and oxygen atoms in total. The molecule has 0 aromatic rings. The van der Waals surface area contributed by atoms with Crippen LogP contribution in [-0.4, -0.2) is 45.7 Å². The molecule has 0 rings (SSSR count). The molecule has 9 heteroatoms. The third kappa shape index (κ3) is 13.9. The van der Waals surface area contributed by atoms with E-state index < -0.39 is 44.0 Å². The summed E-state index contributed by atoms with van der Waals surface area (Å²) < 4.78 is 44.6. The standard InChI is InChI=1S/C12H27O4Si.3C3H7O.Ti/c1-10(2,3)14-17(13,15-11(4,5)6)16-12(7,8)9;3*1-2-3-4;/h1-9H3;3*2-3H2,1H3;/q4*-1;+4. The van der Waals surface area contributed by atoms with Crippen molar-refractivity contribution in [2.45, 2.75) is 119 Å². The van der Waals surface area contributed by atoms with Gasteiger partial charge in [-0.25, -0.2) is 0 Å². The summed E-state index contributed by atoms with van der Waals surface area (Å²) in [5.41, 5.74) is -1.72. The van der Waals surface area contributed by atoms with Crippen molar-refractivity contribution in [1.29, 1.82) is 0 Å². The first-order valence-corrected chi connectivity index (χ1v) is 15.4. The summed E-state index contributed by atoms with van der Waals surface area (Å²) in [5, 5.41) is 0. The van der Waals surface area contributed by atoms with Gasteiger partial charge in [-0.15, -0.1) is 0 Å². The minimum absolute atomic E-state index is 0.471. The van der Waals surface area contributed by atoms with Crippen molar-refractivity contribution in [3.63, 3.8) is 0 Å². The van der Waals surface area contributed by atoms with E-state index in [0.717, 1.165) is 19.3 Å². The molecule has 0 aromatic heterocycles. The van der Waals surface area contributed by atoms with Crippen LogP contribution in [0.1, 0.15) is 102 Å². The van der Waals surface area contributed by atoms with Gasteiger partial charge in [0.05, 0.1) is 0 Å². The Morgan fingerprint density at radius 3 is 1.00 bits per heavy atom. The van der Waals surface area contributed by atoms with Crippen molar-refractivity contribution in [1.82, 2.24) is 0 Å². The molecule has 0 aromatic carbocycles. The molecule has 0 fully saturated rings. The van der Waals surface area contributed by atoms with Crippen LogP contribution >= 0.6 is 0 Å². The Morgan fingerprint density at radius 2 is 0.800 bits per heavy atom. The van der Waals surface area contributed by atoms with E-state index in [1.807, 2.05) is 83.1 Å². The maximum absolute atomic E-state index is 6.65. The van der Waals surface area contributed by atoms with Crippen molar-refractivity contribution in [3.8, 4) is 0 Å². The van der Waals surface area contributed by atoms with Gasteiger partial charge in [-0.05, 0) is 0 Å². The first-order chi connectivity index (χ1) is 13.5. The van der Waals surface area contributed by atoms with Gasteiger partial charge in [0.15, 0.2) is 0 Å². The number of rotatable bonds is 14. The molecule has 0 spiro atoms. The number of hydrogen-bond donors (Lipinski definition) is 0. The monoisotopic (exact) mass is 488 g/mol. The van der Waals surface area contributed by atoms with Crippen LogP contribution in [0.15, 0.2) is 0 Å². The van der Waals surface area contributed by atoms with Gasteiger partial charge < -0.3 is 0 Å². The Labute approximate surface area is 192 Å². The van der Waals surface area contributed by atoms with Gasteiger partial charge in [-0.1, -0.05) is 0 Å². The predicted molar refractivity (Wildman–Crippen MR) is 118 cm³/mol. The summed E-state index contributed by atoms with van der Waals surface area (Å²) >= 11 is -4.25. The van der Waals surface area contributed by atoms with E-state index in [9.17, 15) is 0 Å². The van der Waals surface area contributed by atoms with Crippen LogP contribution in [0, 0.1) is 0 Å². The van der Waals surface area contributed by atoms with Crippen LogP contribution < -0.4 is 0 Å². The van der Waals surface area contributed by atoms with Crippen molar-refractivity contribution in [3.05, 3.63) is 0 Å². The minimum atomic E-state index is -4.25. The average molecular weight is 489 g/mol. The molecule has 0 saturated carbocycles. The van der Waals surface area contributed by atoms with E-state index in [2.05, 4.69) is 0 Å². The van der Waals surface area contributed by atoms with Gasteiger partial charge in [0.25, 0.3) is 0 Å². The van der Waals surface area contributed by atoms with Gasteiger partial charge in [0.2, 0.25) is 0 Å². The van der Waals surface area contributed by atoms with E-state index >= 15 is 0 Å². The fourth-order valence-electron chi connectivity index (χ4n) is 2.30. The second kappa shape index (κ2) is 12.8. The first-order valence-electron chi connectivity index (χ1n) is 11.2. The molecule has 0 heterocycles. The summed E-state index contributed by atoms with van der Waals surface area (Å²) in [4.78, 5) is 0. The Hall–Kier alpha value is 0.651. The summed E-state index contributed by atoms with van der Waals surface area (Å²) in [6.45, 7) is 25.1. The van der Waals surface area contributed by atoms with E-state index in [-0.39, 0.29) is 0 Å². The maximum atomic E-state index is 6.65. The van der Waals surface area contributed by atoms with Crippen LogP contribution in [-0.2, 0) is 44.4 Å². The van der Waals surface area contributed by atoms with Gasteiger partial charge >= 0.3 is 192 Å². The molecule has 0 amide bonds. The fourth-order valence-corrected chi connectivity index (χ4v) is 10.6. The molecule has 0 aliphatic heterocycles. The van der Waals surface area contributed by atoms with Gasteiger partial charge in [0.1, 0.15) is 0 Å². The average Bonchev–Trinajstić information content (AvgIpc) is 2.50. The van der Waals surface area contributed by atoms with E-state index in [0.29, 0.717) is 19.8 Å². The van der Waals surface area contributed by atoms with Gasteiger partial charge in [-0.2, -0.15) is 0 Å². The Bertz CT molecular complexity index is 407. The zero-order valence-corrected chi connectivity index (χ0v) is 24.2. The summed E-state index contributed by atoms with van der Waals surface area (Å²) in [7, 11) is -3.78. The third-order valence-corrected chi connectivity index (χ3v) is 11.0. The van der Waals surface area contributed by atoms with Crippen molar-refractivity contribution >= 4 is 9.05 Å². The molecule has 30 heavy (non-hydrogen) atoms. The van der Waals surface area contributed by atoms with Crippen molar-refractivity contribution in [2.75, 3.05) is 19.8 Å². The zero-order valence-electron chi connectivity index (χ0n) is 21.6. The molecule has 0 unspecified atom stereocenters. The molecule has 0 N–H and O–H groups in total. The molecule has 0 aliphatic carbocycles.